The predicted octanol–water partition coefficient (Wildman–Crippen LogP) is 3.81. The van der Waals surface area contributed by atoms with E-state index >= 15 is 0 Å². The zero-order valence-electron chi connectivity index (χ0n) is 7.29. The van der Waals surface area contributed by atoms with E-state index < -0.39 is 0 Å². The van der Waals surface area contributed by atoms with Gasteiger partial charge in [-0.1, -0.05) is 19.9 Å². The van der Waals surface area contributed by atoms with E-state index in [2.05, 4.69) is 43.7 Å². The lowest BCUT2D eigenvalue weighted by molar-refractivity contribution is 0.833. The van der Waals surface area contributed by atoms with Crippen LogP contribution < -0.4 is 0 Å². The Balaban J connectivity index is 2.77. The van der Waals surface area contributed by atoms with E-state index in [-0.39, 0.29) is 0 Å². The third kappa shape index (κ3) is 2.51. The van der Waals surface area contributed by atoms with Gasteiger partial charge in [-0.25, -0.2) is 0 Å². The Morgan fingerprint density at radius 3 is 2.73 bits per heavy atom. The molecule has 0 radical (unpaired) electrons. The van der Waals surface area contributed by atoms with Crippen LogP contribution in [0.2, 0.25) is 0 Å². The molecule has 1 aromatic heterocycles. The predicted molar refractivity (Wildman–Crippen MR) is 52.8 cm³/mol. The average molecular weight is 166 g/mol. The zero-order chi connectivity index (χ0) is 8.27. The van der Waals surface area contributed by atoms with E-state index in [1.165, 1.54) is 11.1 Å². The molecule has 0 aliphatic carbocycles. The van der Waals surface area contributed by atoms with E-state index in [1.807, 2.05) is 0 Å². The number of rotatable bonds is 2. The summed E-state index contributed by atoms with van der Waals surface area (Å²) in [6.07, 6.45) is 2.29. The molecule has 1 rings (SSSR count). The van der Waals surface area contributed by atoms with Gasteiger partial charge in [-0.2, -0.15) is 11.3 Å². The monoisotopic (exact) mass is 166 g/mol. The molecule has 11 heavy (non-hydrogen) atoms. The van der Waals surface area contributed by atoms with Crippen LogP contribution in [0.3, 0.4) is 0 Å². The molecule has 0 saturated heterocycles. The molecule has 0 aliphatic heterocycles. The maximum absolute atomic E-state index is 2.29. The number of thiophene rings is 1. The molecular formula is C10H14S. The molecule has 0 aliphatic rings. The third-order valence-corrected chi connectivity index (χ3v) is 2.24. The van der Waals surface area contributed by atoms with Crippen molar-refractivity contribution in [1.82, 2.24) is 0 Å². The highest BCUT2D eigenvalue weighted by Crippen LogP contribution is 2.18. The Labute approximate surface area is 72.6 Å². The van der Waals surface area contributed by atoms with Gasteiger partial charge in [0.1, 0.15) is 0 Å². The van der Waals surface area contributed by atoms with Gasteiger partial charge in [-0.3, -0.25) is 0 Å². The molecule has 0 bridgehead atoms. The van der Waals surface area contributed by atoms with Crippen LogP contribution in [0.5, 0.6) is 0 Å². The smallest absolute Gasteiger partial charge is 0.00182 e. The molecule has 0 aromatic carbocycles. The Kier molecular flexibility index (Phi) is 2.89. The minimum atomic E-state index is 0.648. The van der Waals surface area contributed by atoms with Gasteiger partial charge in [0.05, 0.1) is 0 Å². The molecule has 0 atom stereocenters. The van der Waals surface area contributed by atoms with Crippen molar-refractivity contribution in [2.75, 3.05) is 0 Å². The highest BCUT2D eigenvalue weighted by atomic mass is 32.1. The molecule has 0 unspecified atom stereocenters. The van der Waals surface area contributed by atoms with Crippen LogP contribution >= 0.6 is 11.3 Å². The second kappa shape index (κ2) is 3.72. The summed E-state index contributed by atoms with van der Waals surface area (Å²) < 4.78 is 0. The summed E-state index contributed by atoms with van der Waals surface area (Å²) in [7, 11) is 0. The molecule has 0 N–H and O–H groups in total. The topological polar surface area (TPSA) is 0 Å². The summed E-state index contributed by atoms with van der Waals surface area (Å²) in [5, 5.41) is 4.31. The van der Waals surface area contributed by atoms with Crippen LogP contribution in [-0.4, -0.2) is 0 Å². The van der Waals surface area contributed by atoms with E-state index in [4.69, 9.17) is 0 Å². The van der Waals surface area contributed by atoms with Gasteiger partial charge in [0, 0.05) is 0 Å². The minimum Gasteiger partial charge on any atom is -0.152 e. The molecule has 0 spiro atoms. The van der Waals surface area contributed by atoms with Gasteiger partial charge < -0.3 is 0 Å². The Morgan fingerprint density at radius 2 is 2.27 bits per heavy atom. The molecule has 1 heterocycles. The van der Waals surface area contributed by atoms with Crippen LogP contribution in [0.25, 0.3) is 5.57 Å². The van der Waals surface area contributed by atoms with Gasteiger partial charge in [-0.05, 0) is 40.8 Å². The molecule has 60 valence electrons. The van der Waals surface area contributed by atoms with Gasteiger partial charge in [0.2, 0.25) is 0 Å². The summed E-state index contributed by atoms with van der Waals surface area (Å²) in [5.41, 5.74) is 2.75. The fraction of sp³-hybridized carbons (Fsp3) is 0.400. The van der Waals surface area contributed by atoms with E-state index in [0.29, 0.717) is 5.92 Å². The first-order valence-corrected chi connectivity index (χ1v) is 4.85. The van der Waals surface area contributed by atoms with Gasteiger partial charge in [0.15, 0.2) is 0 Å². The molecule has 0 saturated carbocycles. The van der Waals surface area contributed by atoms with E-state index in [9.17, 15) is 0 Å². The first-order valence-electron chi connectivity index (χ1n) is 3.91. The highest BCUT2D eigenvalue weighted by molar-refractivity contribution is 7.08. The normalized spacial score (nSPS) is 12.5. The fourth-order valence-corrected chi connectivity index (χ4v) is 1.80. The lowest BCUT2D eigenvalue weighted by Gasteiger charge is -1.99. The summed E-state index contributed by atoms with van der Waals surface area (Å²) in [5.74, 6) is 0.648. The van der Waals surface area contributed by atoms with Crippen molar-refractivity contribution in [3.05, 3.63) is 28.5 Å². The average Bonchev–Trinajstić information content (AvgIpc) is 2.35. The van der Waals surface area contributed by atoms with Crippen molar-refractivity contribution >= 4 is 16.9 Å². The molecule has 0 nitrogen and oxygen atoms in total. The quantitative estimate of drug-likeness (QED) is 0.626. The van der Waals surface area contributed by atoms with E-state index in [0.717, 1.165) is 0 Å². The van der Waals surface area contributed by atoms with Crippen molar-refractivity contribution in [2.24, 2.45) is 5.92 Å². The van der Waals surface area contributed by atoms with Crippen LogP contribution in [-0.2, 0) is 0 Å². The van der Waals surface area contributed by atoms with Crippen LogP contribution in [0.4, 0.5) is 0 Å². The van der Waals surface area contributed by atoms with Crippen LogP contribution in [0.1, 0.15) is 26.3 Å². The lowest BCUT2D eigenvalue weighted by Crippen LogP contribution is -1.81. The standard InChI is InChI=1S/C10H14S/c1-8(2)6-9(3)10-4-5-11-7-10/h4-8H,1-3H3. The molecule has 0 amide bonds. The van der Waals surface area contributed by atoms with Crippen molar-refractivity contribution < 1.29 is 0 Å². The zero-order valence-corrected chi connectivity index (χ0v) is 8.11. The second-order valence-electron chi connectivity index (χ2n) is 3.11. The fourth-order valence-electron chi connectivity index (χ4n) is 1.09. The largest absolute Gasteiger partial charge is 0.152 e. The SMILES string of the molecule is CC(=CC(C)C)c1ccsc1. The third-order valence-electron chi connectivity index (χ3n) is 1.56. The Morgan fingerprint density at radius 1 is 1.55 bits per heavy atom. The maximum Gasteiger partial charge on any atom is -0.00182 e. The Bertz CT molecular complexity index is 229. The number of hydrogen-bond donors (Lipinski definition) is 0. The number of hydrogen-bond acceptors (Lipinski definition) is 1. The highest BCUT2D eigenvalue weighted by Gasteiger charge is 1.95. The van der Waals surface area contributed by atoms with Gasteiger partial charge in [-0.15, -0.1) is 0 Å². The number of allylic oxidation sites excluding steroid dienone is 2. The van der Waals surface area contributed by atoms with Gasteiger partial charge in [0.25, 0.3) is 0 Å². The summed E-state index contributed by atoms with van der Waals surface area (Å²) in [4.78, 5) is 0. The van der Waals surface area contributed by atoms with Crippen molar-refractivity contribution in [2.45, 2.75) is 20.8 Å². The lowest BCUT2D eigenvalue weighted by atomic mass is 10.1. The molecule has 0 fully saturated rings. The first kappa shape index (κ1) is 8.54. The molecule has 1 aromatic rings. The van der Waals surface area contributed by atoms with Gasteiger partial charge >= 0.3 is 0 Å². The summed E-state index contributed by atoms with van der Waals surface area (Å²) in [6, 6.07) is 2.17. The van der Waals surface area contributed by atoms with Crippen molar-refractivity contribution in [1.29, 1.82) is 0 Å². The van der Waals surface area contributed by atoms with E-state index in [1.54, 1.807) is 11.3 Å². The van der Waals surface area contributed by atoms with Crippen molar-refractivity contribution in [3.63, 3.8) is 0 Å². The first-order chi connectivity index (χ1) is 5.20. The minimum absolute atomic E-state index is 0.648. The van der Waals surface area contributed by atoms with Crippen LogP contribution in [0, 0.1) is 5.92 Å². The maximum atomic E-state index is 2.29. The van der Waals surface area contributed by atoms with Crippen LogP contribution in [0.15, 0.2) is 22.9 Å². The van der Waals surface area contributed by atoms with Crippen molar-refractivity contribution in [3.8, 4) is 0 Å². The summed E-state index contributed by atoms with van der Waals surface area (Å²) >= 11 is 1.75. The Hall–Kier alpha value is -0.560. The summed E-state index contributed by atoms with van der Waals surface area (Å²) in [6.45, 7) is 6.58. The molecule has 1 heteroatoms. The second-order valence-corrected chi connectivity index (χ2v) is 3.89. The molecular weight excluding hydrogens is 152 g/mol.